The molecule has 1 aromatic rings. The summed E-state index contributed by atoms with van der Waals surface area (Å²) in [6.45, 7) is 8.53. The topological polar surface area (TPSA) is 59.1 Å². The van der Waals surface area contributed by atoms with Gasteiger partial charge < -0.3 is 19.1 Å². The Bertz CT molecular complexity index is 739. The molecule has 0 saturated carbocycles. The third kappa shape index (κ3) is 13.1. The van der Waals surface area contributed by atoms with E-state index in [0.717, 1.165) is 50.2 Å². The van der Waals surface area contributed by atoms with Crippen molar-refractivity contribution in [1.29, 1.82) is 5.39 Å². The summed E-state index contributed by atoms with van der Waals surface area (Å²) < 4.78 is 76.4. The number of morpholine rings is 1. The van der Waals surface area contributed by atoms with Crippen molar-refractivity contribution < 1.29 is 39.4 Å². The molecule has 0 atom stereocenters. The van der Waals surface area contributed by atoms with Crippen LogP contribution in [0, 0.1) is 5.39 Å². The van der Waals surface area contributed by atoms with E-state index in [0.29, 0.717) is 37.9 Å². The molecule has 0 radical (unpaired) electrons. The first-order valence-electron chi connectivity index (χ1n) is 9.93. The molecule has 1 fully saturated rings. The summed E-state index contributed by atoms with van der Waals surface area (Å²) in [5.74, 6) is 1.33. The minimum absolute atomic E-state index is 0.412. The Hall–Kier alpha value is -1.99. The molecule has 6 nitrogen and oxygen atoms in total. The van der Waals surface area contributed by atoms with Crippen molar-refractivity contribution in [2.24, 2.45) is 0 Å². The molecular weight excluding hydrogens is 451 g/mol. The normalized spacial score (nSPS) is 16.3. The van der Waals surface area contributed by atoms with Crippen LogP contribution in [0.2, 0.25) is 0 Å². The number of ether oxygens (including phenoxy) is 3. The number of benzene rings is 1. The minimum atomic E-state index is -10.7. The van der Waals surface area contributed by atoms with Crippen molar-refractivity contribution in [3.8, 4) is 11.5 Å². The molecule has 0 bridgehead atoms. The Morgan fingerprint density at radius 3 is 1.87 bits per heavy atom. The zero-order chi connectivity index (χ0) is 23.6. The zero-order valence-corrected chi connectivity index (χ0v) is 18.4. The summed E-state index contributed by atoms with van der Waals surface area (Å²) in [7, 11) is -10.7. The van der Waals surface area contributed by atoms with E-state index in [4.69, 9.17) is 14.2 Å². The van der Waals surface area contributed by atoms with Gasteiger partial charge in [-0.05, 0) is 12.8 Å². The first-order valence-corrected chi connectivity index (χ1v) is 12.0. The molecule has 0 aliphatic carbocycles. The van der Waals surface area contributed by atoms with E-state index in [-0.39, 0.29) is 0 Å². The van der Waals surface area contributed by atoms with Crippen LogP contribution in [0.5, 0.6) is 11.5 Å². The molecule has 1 aliphatic heterocycles. The number of hydrogen-bond donors (Lipinski definition) is 0. The molecule has 1 aromatic carbocycles. The average Bonchev–Trinajstić information content (AvgIpc) is 2.67. The van der Waals surface area contributed by atoms with Crippen LogP contribution in [-0.4, -0.2) is 39.5 Å². The standard InChI is InChI=1S/C18H28N3O3.F6P/c1-3-5-9-23-17-14-16(21-7-11-22-12-8-21)18(13-15(17)20-19)24-10-6-4-2;1-7(2,3,4,5)6/h13-14H,3-12H2,1-2H3;/q+1;-1. The predicted octanol–water partition coefficient (Wildman–Crippen LogP) is 7.75. The van der Waals surface area contributed by atoms with Crippen LogP contribution in [0.25, 0.3) is 4.98 Å². The van der Waals surface area contributed by atoms with Gasteiger partial charge in [0.05, 0.1) is 38.2 Å². The van der Waals surface area contributed by atoms with Crippen molar-refractivity contribution in [2.45, 2.75) is 39.5 Å². The first-order chi connectivity index (χ1) is 14.2. The van der Waals surface area contributed by atoms with E-state index in [9.17, 15) is 30.6 Å². The van der Waals surface area contributed by atoms with Gasteiger partial charge in [0.1, 0.15) is 0 Å². The molecule has 0 spiro atoms. The van der Waals surface area contributed by atoms with Gasteiger partial charge >= 0.3 is 38.7 Å². The van der Waals surface area contributed by atoms with E-state index < -0.39 is 7.81 Å². The summed E-state index contributed by atoms with van der Waals surface area (Å²) in [5.41, 5.74) is 1.39. The van der Waals surface area contributed by atoms with Crippen molar-refractivity contribution in [3.63, 3.8) is 0 Å². The third-order valence-electron chi connectivity index (χ3n) is 4.01. The molecule has 1 heterocycles. The molecule has 180 valence electrons. The van der Waals surface area contributed by atoms with Crippen LogP contribution >= 0.6 is 7.81 Å². The van der Waals surface area contributed by atoms with Crippen molar-refractivity contribution in [2.75, 3.05) is 44.4 Å². The van der Waals surface area contributed by atoms with E-state index in [1.54, 1.807) is 6.07 Å². The second-order valence-electron chi connectivity index (χ2n) is 6.85. The predicted molar refractivity (Wildman–Crippen MR) is 109 cm³/mol. The Morgan fingerprint density at radius 1 is 0.935 bits per heavy atom. The molecule has 1 saturated heterocycles. The molecule has 2 rings (SSSR count). The molecule has 13 heteroatoms. The number of nitrogens with zero attached hydrogens (tertiary/aromatic N) is 3. The summed E-state index contributed by atoms with van der Waals surface area (Å²) in [6, 6.07) is 3.69. The summed E-state index contributed by atoms with van der Waals surface area (Å²) in [6.07, 6.45) is 4.08. The van der Waals surface area contributed by atoms with Gasteiger partial charge in [-0.2, -0.15) is 0 Å². The number of diazo groups is 1. The molecule has 0 aromatic heterocycles. The van der Waals surface area contributed by atoms with Crippen LogP contribution in [0.1, 0.15) is 39.5 Å². The molecule has 0 N–H and O–H groups in total. The van der Waals surface area contributed by atoms with Gasteiger partial charge in [-0.15, -0.1) is 0 Å². The Labute approximate surface area is 177 Å². The van der Waals surface area contributed by atoms with Crippen LogP contribution in [-0.2, 0) is 4.74 Å². The van der Waals surface area contributed by atoms with Gasteiger partial charge in [-0.25, -0.2) is 0 Å². The first kappa shape index (κ1) is 27.0. The number of hydrogen-bond acceptors (Lipinski definition) is 5. The summed E-state index contributed by atoms with van der Waals surface area (Å²) in [5, 5.41) is 9.33. The fourth-order valence-electron chi connectivity index (χ4n) is 2.55. The van der Waals surface area contributed by atoms with Gasteiger partial charge in [-0.3, -0.25) is 0 Å². The molecule has 1 aliphatic rings. The van der Waals surface area contributed by atoms with Crippen LogP contribution in [0.15, 0.2) is 12.1 Å². The zero-order valence-electron chi connectivity index (χ0n) is 17.5. The van der Waals surface area contributed by atoms with E-state index in [1.165, 1.54) is 0 Å². The van der Waals surface area contributed by atoms with Crippen molar-refractivity contribution in [1.82, 2.24) is 0 Å². The average molecular weight is 479 g/mol. The Morgan fingerprint density at radius 2 is 1.42 bits per heavy atom. The van der Waals surface area contributed by atoms with Crippen molar-refractivity contribution >= 4 is 19.2 Å². The van der Waals surface area contributed by atoms with Gasteiger partial charge in [-0.1, -0.05) is 26.7 Å². The second-order valence-corrected chi connectivity index (χ2v) is 8.77. The van der Waals surface area contributed by atoms with Crippen LogP contribution in [0.4, 0.5) is 36.6 Å². The molecule has 0 amide bonds. The maximum absolute atomic E-state index is 10.7. The van der Waals surface area contributed by atoms with Crippen LogP contribution in [0.3, 0.4) is 0 Å². The number of rotatable bonds is 9. The molecule has 0 unspecified atom stereocenters. The molecular formula is C18H28F6N3O3P. The molecule has 31 heavy (non-hydrogen) atoms. The monoisotopic (exact) mass is 479 g/mol. The SMILES string of the molecule is CCCCOc1cc(N2CCOCC2)c(OCCCC)cc1[N+]#N.F[P-](F)(F)(F)(F)F. The number of unbranched alkanes of at least 4 members (excludes halogenated alkanes) is 2. The fraction of sp³-hybridized carbons (Fsp3) is 0.667. The van der Waals surface area contributed by atoms with Gasteiger partial charge in [0.2, 0.25) is 11.1 Å². The van der Waals surface area contributed by atoms with Gasteiger partial charge in [0.25, 0.3) is 0 Å². The summed E-state index contributed by atoms with van der Waals surface area (Å²) in [4.78, 5) is 5.61. The third-order valence-corrected chi connectivity index (χ3v) is 4.01. The van der Waals surface area contributed by atoms with E-state index in [2.05, 4.69) is 23.7 Å². The van der Waals surface area contributed by atoms with Crippen LogP contribution < -0.4 is 14.4 Å². The van der Waals surface area contributed by atoms with E-state index in [1.807, 2.05) is 6.07 Å². The second kappa shape index (κ2) is 10.6. The Balaban J connectivity index is 0.000000592. The maximum atomic E-state index is 9.87. The number of halogens is 6. The van der Waals surface area contributed by atoms with Gasteiger partial charge in [0.15, 0.2) is 10.7 Å². The van der Waals surface area contributed by atoms with E-state index >= 15 is 0 Å². The fourth-order valence-corrected chi connectivity index (χ4v) is 2.55. The Kier molecular flexibility index (Phi) is 9.20. The van der Waals surface area contributed by atoms with Crippen molar-refractivity contribution in [3.05, 3.63) is 17.1 Å². The summed E-state index contributed by atoms with van der Waals surface area (Å²) >= 11 is 0. The quantitative estimate of drug-likeness (QED) is 0.157. The van der Waals surface area contributed by atoms with Gasteiger partial charge in [0, 0.05) is 19.2 Å². The number of anilines is 1.